The molecule has 1 N–H and O–H groups in total. The Morgan fingerprint density at radius 3 is 2.00 bits per heavy atom. The van der Waals surface area contributed by atoms with E-state index in [-0.39, 0.29) is 0 Å². The van der Waals surface area contributed by atoms with Crippen LogP contribution in [0.25, 0.3) is 0 Å². The fourth-order valence-corrected chi connectivity index (χ4v) is 3.06. The first-order chi connectivity index (χ1) is 9.24. The van der Waals surface area contributed by atoms with Crippen LogP contribution in [0.5, 0.6) is 0 Å². The first kappa shape index (κ1) is 16.5. The SMILES string of the molecule is CCCCCC[C@@H]1C[C@@H]1CCCCCCCC(=O)O. The second-order valence-corrected chi connectivity index (χ2v) is 6.31. The Morgan fingerprint density at radius 1 is 0.895 bits per heavy atom. The van der Waals surface area contributed by atoms with Crippen LogP contribution in [-0.2, 0) is 4.79 Å². The first-order valence-corrected chi connectivity index (χ1v) is 8.45. The topological polar surface area (TPSA) is 37.3 Å². The van der Waals surface area contributed by atoms with Crippen molar-refractivity contribution < 1.29 is 9.90 Å². The van der Waals surface area contributed by atoms with E-state index >= 15 is 0 Å². The lowest BCUT2D eigenvalue weighted by Crippen LogP contribution is -1.93. The summed E-state index contributed by atoms with van der Waals surface area (Å²) >= 11 is 0. The molecule has 2 nitrogen and oxygen atoms in total. The number of carboxylic acids is 1. The largest absolute Gasteiger partial charge is 0.481 e. The van der Waals surface area contributed by atoms with Crippen LogP contribution in [0.2, 0.25) is 0 Å². The van der Waals surface area contributed by atoms with Crippen LogP contribution in [-0.4, -0.2) is 11.1 Å². The van der Waals surface area contributed by atoms with Gasteiger partial charge in [-0.2, -0.15) is 0 Å². The zero-order valence-electron chi connectivity index (χ0n) is 12.7. The number of carboxylic acid groups (broad SMARTS) is 1. The van der Waals surface area contributed by atoms with Gasteiger partial charge in [0.25, 0.3) is 0 Å². The predicted octanol–water partition coefficient (Wildman–Crippen LogP) is 5.41. The molecular weight excluding hydrogens is 236 g/mol. The van der Waals surface area contributed by atoms with E-state index in [4.69, 9.17) is 5.11 Å². The predicted molar refractivity (Wildman–Crippen MR) is 80.3 cm³/mol. The van der Waals surface area contributed by atoms with Gasteiger partial charge in [-0.3, -0.25) is 4.79 Å². The molecule has 0 amide bonds. The molecule has 1 saturated carbocycles. The van der Waals surface area contributed by atoms with Gasteiger partial charge >= 0.3 is 5.97 Å². The highest BCUT2D eigenvalue weighted by atomic mass is 16.4. The Bertz CT molecular complexity index is 237. The molecule has 1 rings (SSSR count). The third-order valence-electron chi connectivity index (χ3n) is 4.46. The molecule has 112 valence electrons. The van der Waals surface area contributed by atoms with E-state index in [1.165, 1.54) is 64.2 Å². The third kappa shape index (κ3) is 9.07. The minimum absolute atomic E-state index is 0.350. The quantitative estimate of drug-likeness (QED) is 0.453. The molecule has 0 aliphatic heterocycles. The van der Waals surface area contributed by atoms with Crippen LogP contribution < -0.4 is 0 Å². The monoisotopic (exact) mass is 268 g/mol. The van der Waals surface area contributed by atoms with E-state index in [0.29, 0.717) is 6.42 Å². The van der Waals surface area contributed by atoms with Crippen LogP contribution in [0.3, 0.4) is 0 Å². The van der Waals surface area contributed by atoms with Gasteiger partial charge in [0.1, 0.15) is 0 Å². The van der Waals surface area contributed by atoms with Crippen molar-refractivity contribution in [1.82, 2.24) is 0 Å². The highest BCUT2D eigenvalue weighted by molar-refractivity contribution is 5.66. The van der Waals surface area contributed by atoms with Crippen LogP contribution in [0.15, 0.2) is 0 Å². The maximum Gasteiger partial charge on any atom is 0.303 e. The summed E-state index contributed by atoms with van der Waals surface area (Å²) in [7, 11) is 0. The fraction of sp³-hybridized carbons (Fsp3) is 0.941. The maximum atomic E-state index is 10.3. The molecule has 0 aromatic heterocycles. The minimum atomic E-state index is -0.649. The minimum Gasteiger partial charge on any atom is -0.481 e. The molecule has 1 fully saturated rings. The van der Waals surface area contributed by atoms with Crippen molar-refractivity contribution in [2.24, 2.45) is 11.8 Å². The number of unbranched alkanes of at least 4 members (excludes halogenated alkanes) is 7. The summed E-state index contributed by atoms with van der Waals surface area (Å²) in [5, 5.41) is 8.53. The average Bonchev–Trinajstić information content (AvgIpc) is 3.12. The van der Waals surface area contributed by atoms with Crippen molar-refractivity contribution in [3.05, 3.63) is 0 Å². The van der Waals surface area contributed by atoms with Crippen molar-refractivity contribution >= 4 is 5.97 Å². The van der Waals surface area contributed by atoms with E-state index in [1.54, 1.807) is 0 Å². The molecule has 0 spiro atoms. The Hall–Kier alpha value is -0.530. The van der Waals surface area contributed by atoms with Crippen LogP contribution in [0, 0.1) is 11.8 Å². The molecule has 0 aromatic rings. The summed E-state index contributed by atoms with van der Waals surface area (Å²) in [6.45, 7) is 2.27. The first-order valence-electron chi connectivity index (χ1n) is 8.45. The smallest absolute Gasteiger partial charge is 0.303 e. The molecular formula is C17H32O2. The molecule has 0 aromatic carbocycles. The third-order valence-corrected chi connectivity index (χ3v) is 4.46. The van der Waals surface area contributed by atoms with Gasteiger partial charge in [0.2, 0.25) is 0 Å². The van der Waals surface area contributed by atoms with Crippen molar-refractivity contribution in [3.63, 3.8) is 0 Å². The van der Waals surface area contributed by atoms with Crippen molar-refractivity contribution in [2.45, 2.75) is 90.4 Å². The molecule has 1 aliphatic rings. The lowest BCUT2D eigenvalue weighted by Gasteiger charge is -2.02. The molecule has 0 unspecified atom stereocenters. The molecule has 0 heterocycles. The average molecular weight is 268 g/mol. The van der Waals surface area contributed by atoms with Crippen molar-refractivity contribution in [1.29, 1.82) is 0 Å². The standard InChI is InChI=1S/C17H32O2/c1-2-3-4-8-11-15-14-16(15)12-9-6-5-7-10-13-17(18)19/h15-16H,2-14H2,1H3,(H,18,19)/t15-,16+/m1/s1. The number of rotatable bonds is 13. The van der Waals surface area contributed by atoms with Gasteiger partial charge in [-0.1, -0.05) is 71.1 Å². The molecule has 2 atom stereocenters. The summed E-state index contributed by atoms with van der Waals surface area (Å²) < 4.78 is 0. The second-order valence-electron chi connectivity index (χ2n) is 6.31. The number of hydrogen-bond acceptors (Lipinski definition) is 1. The van der Waals surface area contributed by atoms with Gasteiger partial charge < -0.3 is 5.11 Å². The highest BCUT2D eigenvalue weighted by Gasteiger charge is 2.34. The molecule has 0 bridgehead atoms. The zero-order chi connectivity index (χ0) is 13.9. The van der Waals surface area contributed by atoms with Crippen molar-refractivity contribution in [3.8, 4) is 0 Å². The molecule has 2 heteroatoms. The summed E-state index contributed by atoms with van der Waals surface area (Å²) in [6, 6.07) is 0. The van der Waals surface area contributed by atoms with Gasteiger partial charge in [-0.05, 0) is 24.7 Å². The van der Waals surface area contributed by atoms with E-state index in [9.17, 15) is 4.79 Å². The van der Waals surface area contributed by atoms with Gasteiger partial charge in [0, 0.05) is 6.42 Å². The molecule has 19 heavy (non-hydrogen) atoms. The highest BCUT2D eigenvalue weighted by Crippen LogP contribution is 2.45. The zero-order valence-corrected chi connectivity index (χ0v) is 12.7. The van der Waals surface area contributed by atoms with Crippen molar-refractivity contribution in [2.75, 3.05) is 0 Å². The summed E-state index contributed by atoms with van der Waals surface area (Å²) in [5.41, 5.74) is 0. The summed E-state index contributed by atoms with van der Waals surface area (Å²) in [6.07, 6.45) is 16.2. The van der Waals surface area contributed by atoms with Gasteiger partial charge in [0.05, 0.1) is 0 Å². The Labute approximate surface area is 119 Å². The van der Waals surface area contributed by atoms with E-state index < -0.39 is 5.97 Å². The molecule has 0 radical (unpaired) electrons. The second kappa shape index (κ2) is 10.3. The fourth-order valence-electron chi connectivity index (χ4n) is 3.06. The molecule has 1 aliphatic carbocycles. The van der Waals surface area contributed by atoms with Crippen LogP contribution in [0.4, 0.5) is 0 Å². The lowest BCUT2D eigenvalue weighted by molar-refractivity contribution is -0.137. The van der Waals surface area contributed by atoms with E-state index in [2.05, 4.69) is 6.92 Å². The maximum absolute atomic E-state index is 10.3. The Morgan fingerprint density at radius 2 is 1.42 bits per heavy atom. The molecule has 0 saturated heterocycles. The van der Waals surface area contributed by atoms with Gasteiger partial charge in [-0.25, -0.2) is 0 Å². The summed E-state index contributed by atoms with van der Waals surface area (Å²) in [5.74, 6) is 1.45. The normalized spacial score (nSPS) is 21.5. The Kier molecular flexibility index (Phi) is 8.94. The van der Waals surface area contributed by atoms with Gasteiger partial charge in [0.15, 0.2) is 0 Å². The number of carbonyl (C=O) groups is 1. The van der Waals surface area contributed by atoms with Gasteiger partial charge in [-0.15, -0.1) is 0 Å². The number of hydrogen-bond donors (Lipinski definition) is 1. The summed E-state index contributed by atoms with van der Waals surface area (Å²) in [4.78, 5) is 10.3. The van der Waals surface area contributed by atoms with Crippen LogP contribution >= 0.6 is 0 Å². The lowest BCUT2D eigenvalue weighted by atomic mass is 10.0. The van der Waals surface area contributed by atoms with E-state index in [1.807, 2.05) is 0 Å². The number of aliphatic carboxylic acids is 1. The van der Waals surface area contributed by atoms with Crippen LogP contribution in [0.1, 0.15) is 90.4 Å². The van der Waals surface area contributed by atoms with E-state index in [0.717, 1.165) is 24.7 Å². The Balaban J connectivity index is 1.78.